The Morgan fingerprint density at radius 2 is 0.500 bits per heavy atom. The van der Waals surface area contributed by atoms with Crippen molar-refractivity contribution in [3.8, 4) is 0 Å². The van der Waals surface area contributed by atoms with Crippen LogP contribution < -0.4 is 0 Å². The fraction of sp³-hybridized carbons (Fsp3) is 0.833. The van der Waals surface area contributed by atoms with E-state index in [9.17, 15) is 14.4 Å². The molecule has 0 saturated carbocycles. The highest BCUT2D eigenvalue weighted by Crippen LogP contribution is 2.17. The summed E-state index contributed by atoms with van der Waals surface area (Å²) in [6, 6.07) is 0. The number of rotatable bonds is 58. The molecule has 0 saturated heterocycles. The van der Waals surface area contributed by atoms with Crippen LogP contribution in [-0.4, -0.2) is 37.2 Å². The minimum Gasteiger partial charge on any atom is -0.462 e. The topological polar surface area (TPSA) is 78.9 Å². The first kappa shape index (κ1) is 69.4. The van der Waals surface area contributed by atoms with Crippen LogP contribution in [0.25, 0.3) is 0 Å². The van der Waals surface area contributed by atoms with Gasteiger partial charge in [0.25, 0.3) is 0 Å². The van der Waals surface area contributed by atoms with Gasteiger partial charge in [-0.1, -0.05) is 281 Å². The number of hydrogen-bond acceptors (Lipinski definition) is 6. The molecule has 0 bridgehead atoms. The van der Waals surface area contributed by atoms with Crippen LogP contribution in [0.3, 0.4) is 0 Å². The third-order valence-electron chi connectivity index (χ3n) is 14.1. The lowest BCUT2D eigenvalue weighted by atomic mass is 10.0. The summed E-state index contributed by atoms with van der Waals surface area (Å²) >= 11 is 0. The van der Waals surface area contributed by atoms with Crippen molar-refractivity contribution in [1.82, 2.24) is 0 Å². The summed E-state index contributed by atoms with van der Waals surface area (Å²) in [5.74, 6) is -0.866. The third-order valence-corrected chi connectivity index (χ3v) is 14.1. The number of esters is 3. The second-order valence-electron chi connectivity index (χ2n) is 21.3. The Hall–Kier alpha value is -2.63. The molecule has 0 aliphatic rings. The lowest BCUT2D eigenvalue weighted by molar-refractivity contribution is -0.167. The summed E-state index contributed by atoms with van der Waals surface area (Å²) in [5.41, 5.74) is 0. The molecule has 420 valence electrons. The molecule has 0 amide bonds. The highest BCUT2D eigenvalue weighted by Gasteiger charge is 2.19. The quantitative estimate of drug-likeness (QED) is 0.0261. The third kappa shape index (κ3) is 58.3. The molecule has 1 atom stereocenters. The number of allylic oxidation sites excluding steroid dienone is 8. The van der Waals surface area contributed by atoms with Crippen molar-refractivity contribution in [2.45, 2.75) is 341 Å². The first-order valence-corrected chi connectivity index (χ1v) is 31.6. The molecule has 0 radical (unpaired) electrons. The molecule has 0 spiro atoms. The Morgan fingerprint density at radius 1 is 0.278 bits per heavy atom. The van der Waals surface area contributed by atoms with Crippen molar-refractivity contribution in [2.24, 2.45) is 0 Å². The van der Waals surface area contributed by atoms with E-state index in [1.807, 2.05) is 0 Å². The molecule has 0 fully saturated rings. The minimum atomic E-state index is -0.778. The lowest BCUT2D eigenvalue weighted by Gasteiger charge is -2.18. The van der Waals surface area contributed by atoms with Crippen molar-refractivity contribution in [2.75, 3.05) is 13.2 Å². The van der Waals surface area contributed by atoms with Crippen LogP contribution in [0.2, 0.25) is 0 Å². The second kappa shape index (κ2) is 60.9. The molecule has 0 aromatic heterocycles. The summed E-state index contributed by atoms with van der Waals surface area (Å²) < 4.78 is 16.9. The highest BCUT2D eigenvalue weighted by atomic mass is 16.6. The van der Waals surface area contributed by atoms with E-state index < -0.39 is 6.10 Å². The van der Waals surface area contributed by atoms with Crippen LogP contribution in [0.15, 0.2) is 48.6 Å². The van der Waals surface area contributed by atoms with Gasteiger partial charge in [-0.05, 0) is 83.5 Å². The molecule has 0 aliphatic heterocycles. The molecule has 0 aromatic carbocycles. The normalized spacial score (nSPS) is 12.3. The molecule has 0 aromatic rings. The van der Waals surface area contributed by atoms with Crippen LogP contribution in [0.5, 0.6) is 0 Å². The van der Waals surface area contributed by atoms with Crippen LogP contribution >= 0.6 is 0 Å². The summed E-state index contributed by atoms with van der Waals surface area (Å²) in [7, 11) is 0. The predicted molar refractivity (Wildman–Crippen MR) is 312 cm³/mol. The van der Waals surface area contributed by atoms with Crippen LogP contribution in [-0.2, 0) is 28.6 Å². The Morgan fingerprint density at radius 3 is 0.778 bits per heavy atom. The second-order valence-corrected chi connectivity index (χ2v) is 21.3. The van der Waals surface area contributed by atoms with Gasteiger partial charge in [-0.3, -0.25) is 14.4 Å². The van der Waals surface area contributed by atoms with E-state index >= 15 is 0 Å². The number of hydrogen-bond donors (Lipinski definition) is 0. The maximum absolute atomic E-state index is 12.9. The molecule has 0 aliphatic carbocycles. The van der Waals surface area contributed by atoms with Gasteiger partial charge in [0.2, 0.25) is 0 Å². The Balaban J connectivity index is 4.35. The van der Waals surface area contributed by atoms with E-state index in [4.69, 9.17) is 14.2 Å². The fourth-order valence-corrected chi connectivity index (χ4v) is 9.27. The first-order valence-electron chi connectivity index (χ1n) is 31.6. The van der Waals surface area contributed by atoms with Gasteiger partial charge in [0.05, 0.1) is 0 Å². The van der Waals surface area contributed by atoms with Crippen molar-refractivity contribution in [3.63, 3.8) is 0 Å². The van der Waals surface area contributed by atoms with E-state index in [1.54, 1.807) is 0 Å². The maximum atomic E-state index is 12.9. The summed E-state index contributed by atoms with van der Waals surface area (Å²) in [5, 5.41) is 0. The van der Waals surface area contributed by atoms with Crippen LogP contribution in [0.1, 0.15) is 335 Å². The van der Waals surface area contributed by atoms with Crippen molar-refractivity contribution in [1.29, 1.82) is 0 Å². The zero-order chi connectivity index (χ0) is 52.2. The SMILES string of the molecule is CCCCCC/C=C\C/C=C\CCCCCCCCCC(=O)OC(COC(=O)CCCCCCCCCCC/C=C\C/C=C\CCCCCCC)COC(=O)CCCCCCCCCCCCCCCCC. The van der Waals surface area contributed by atoms with Gasteiger partial charge < -0.3 is 14.2 Å². The highest BCUT2D eigenvalue weighted by molar-refractivity contribution is 5.71. The molecular formula is C66H120O6. The summed E-state index contributed by atoms with van der Waals surface area (Å²) in [4.78, 5) is 38.3. The van der Waals surface area contributed by atoms with Crippen molar-refractivity contribution in [3.05, 3.63) is 48.6 Å². The largest absolute Gasteiger partial charge is 0.462 e. The zero-order valence-electron chi connectivity index (χ0n) is 48.2. The van der Waals surface area contributed by atoms with Crippen LogP contribution in [0.4, 0.5) is 0 Å². The van der Waals surface area contributed by atoms with Gasteiger partial charge in [0.1, 0.15) is 13.2 Å². The fourth-order valence-electron chi connectivity index (χ4n) is 9.27. The van der Waals surface area contributed by atoms with E-state index in [1.165, 1.54) is 218 Å². The average molecular weight is 1010 g/mol. The predicted octanol–water partition coefficient (Wildman–Crippen LogP) is 21.4. The Labute approximate surface area is 448 Å². The number of carbonyl (C=O) groups is 3. The van der Waals surface area contributed by atoms with Crippen LogP contribution in [0, 0.1) is 0 Å². The molecule has 1 unspecified atom stereocenters. The van der Waals surface area contributed by atoms with Gasteiger partial charge in [-0.2, -0.15) is 0 Å². The van der Waals surface area contributed by atoms with Gasteiger partial charge in [0, 0.05) is 19.3 Å². The van der Waals surface area contributed by atoms with Crippen molar-refractivity contribution < 1.29 is 28.6 Å². The Bertz CT molecular complexity index is 1250. The van der Waals surface area contributed by atoms with Crippen molar-refractivity contribution >= 4 is 17.9 Å². The molecule has 72 heavy (non-hydrogen) atoms. The van der Waals surface area contributed by atoms with E-state index in [2.05, 4.69) is 69.4 Å². The molecule has 6 nitrogen and oxygen atoms in total. The summed E-state index contributed by atoms with van der Waals surface area (Å²) in [6.45, 7) is 6.65. The first-order chi connectivity index (χ1) is 35.5. The number of ether oxygens (including phenoxy) is 3. The standard InChI is InChI=1S/C66H120O6/c1-4-7-10-13-16-19-22-25-28-30-32-33-34-36-38-41-44-47-50-53-56-59-65(68)71-62-63(61-70-64(67)58-55-52-49-46-43-40-37-27-24-21-18-15-12-9-6-3)72-66(69)60-57-54-51-48-45-42-39-35-31-29-26-23-20-17-14-11-8-5-2/h20,22-23,25,29-32,63H,4-19,21,24,26-28,33-62H2,1-3H3/b23-20-,25-22-,31-29-,32-30-. The van der Waals surface area contributed by atoms with Gasteiger partial charge in [-0.15, -0.1) is 0 Å². The monoisotopic (exact) mass is 1010 g/mol. The zero-order valence-corrected chi connectivity index (χ0v) is 48.2. The smallest absolute Gasteiger partial charge is 0.306 e. The molecule has 0 rings (SSSR count). The Kier molecular flexibility index (Phi) is 58.7. The van der Waals surface area contributed by atoms with Gasteiger partial charge in [0.15, 0.2) is 6.10 Å². The number of unbranched alkanes of at least 4 members (excludes halogenated alkanes) is 39. The molecule has 6 heteroatoms. The van der Waals surface area contributed by atoms with E-state index in [0.717, 1.165) is 77.0 Å². The molecule has 0 heterocycles. The van der Waals surface area contributed by atoms with Gasteiger partial charge >= 0.3 is 17.9 Å². The van der Waals surface area contributed by atoms with E-state index in [0.29, 0.717) is 19.3 Å². The van der Waals surface area contributed by atoms with E-state index in [-0.39, 0.29) is 31.1 Å². The molecule has 0 N–H and O–H groups in total. The molecular weight excluding hydrogens is 889 g/mol. The maximum Gasteiger partial charge on any atom is 0.306 e. The summed E-state index contributed by atoms with van der Waals surface area (Å²) in [6.07, 6.45) is 75.3. The minimum absolute atomic E-state index is 0.0741. The lowest BCUT2D eigenvalue weighted by Crippen LogP contribution is -2.30. The number of carbonyl (C=O) groups excluding carboxylic acids is 3. The van der Waals surface area contributed by atoms with Gasteiger partial charge in [-0.25, -0.2) is 0 Å². The average Bonchev–Trinajstić information content (AvgIpc) is 3.38.